The maximum Gasteiger partial charge on any atom is 0.0704 e. The number of aromatic nitrogens is 1. The van der Waals surface area contributed by atoms with E-state index in [4.69, 9.17) is 0 Å². The lowest BCUT2D eigenvalue weighted by Crippen LogP contribution is -2.26. The fraction of sp³-hybridized carbons (Fsp3) is 0.357. The van der Waals surface area contributed by atoms with Gasteiger partial charge in [-0.15, -0.1) is 24.8 Å². The molecule has 0 atom stereocenters. The molecule has 2 heterocycles. The Morgan fingerprint density at radius 2 is 1.83 bits per heavy atom. The van der Waals surface area contributed by atoms with E-state index in [0.717, 1.165) is 18.6 Å². The van der Waals surface area contributed by atoms with Gasteiger partial charge in [-0.3, -0.25) is 4.98 Å². The molecule has 1 aliphatic heterocycles. The zero-order valence-electron chi connectivity index (χ0n) is 10.1. The number of nitrogens with zero attached hydrogens (tertiary/aromatic N) is 1. The number of hydrogen-bond donors (Lipinski definition) is 1. The molecule has 2 aromatic rings. The van der Waals surface area contributed by atoms with E-state index in [-0.39, 0.29) is 24.8 Å². The number of piperidine rings is 1. The molecule has 0 spiro atoms. The zero-order chi connectivity index (χ0) is 10.8. The molecule has 0 unspecified atom stereocenters. The standard InChI is InChI=1S/C14H16N2.2ClH/c1-2-12-3-4-13(10-14(12)16-7-1)11-5-8-15-9-6-11;;/h1-4,7,10-11,15H,5-6,8-9H2;2*1H. The highest BCUT2D eigenvalue weighted by Gasteiger charge is 2.15. The number of rotatable bonds is 1. The van der Waals surface area contributed by atoms with Crippen LogP contribution in [0.5, 0.6) is 0 Å². The predicted octanol–water partition coefficient (Wildman–Crippen LogP) is 3.55. The van der Waals surface area contributed by atoms with Crippen LogP contribution < -0.4 is 5.32 Å². The number of halogens is 2. The van der Waals surface area contributed by atoms with Gasteiger partial charge in [0.2, 0.25) is 0 Å². The molecule has 2 nitrogen and oxygen atoms in total. The van der Waals surface area contributed by atoms with Gasteiger partial charge in [0.05, 0.1) is 5.52 Å². The molecular formula is C14H18Cl2N2. The van der Waals surface area contributed by atoms with E-state index in [1.54, 1.807) is 0 Å². The third-order valence-corrected chi connectivity index (χ3v) is 3.44. The molecule has 0 amide bonds. The number of fused-ring (bicyclic) bond motifs is 1. The van der Waals surface area contributed by atoms with Crippen LogP contribution in [0.1, 0.15) is 24.3 Å². The monoisotopic (exact) mass is 284 g/mol. The third-order valence-electron chi connectivity index (χ3n) is 3.44. The Kier molecular flexibility index (Phi) is 5.86. The molecule has 0 bridgehead atoms. The highest BCUT2D eigenvalue weighted by Crippen LogP contribution is 2.27. The number of nitrogens with one attached hydrogen (secondary N) is 1. The number of hydrogen-bond acceptors (Lipinski definition) is 2. The van der Waals surface area contributed by atoms with Gasteiger partial charge in [0.25, 0.3) is 0 Å². The minimum Gasteiger partial charge on any atom is -0.317 e. The first-order chi connectivity index (χ1) is 7.93. The lowest BCUT2D eigenvalue weighted by atomic mass is 9.90. The quantitative estimate of drug-likeness (QED) is 0.866. The lowest BCUT2D eigenvalue weighted by Gasteiger charge is -2.23. The summed E-state index contributed by atoms with van der Waals surface area (Å²) in [5, 5.41) is 4.64. The lowest BCUT2D eigenvalue weighted by molar-refractivity contribution is 0.460. The predicted molar refractivity (Wildman–Crippen MR) is 81.1 cm³/mol. The van der Waals surface area contributed by atoms with Crippen molar-refractivity contribution < 1.29 is 0 Å². The van der Waals surface area contributed by atoms with Gasteiger partial charge < -0.3 is 5.32 Å². The Morgan fingerprint density at radius 3 is 2.61 bits per heavy atom. The Labute approximate surface area is 120 Å². The molecule has 1 N–H and O–H groups in total. The van der Waals surface area contributed by atoms with Gasteiger partial charge in [-0.05, 0) is 49.5 Å². The Balaban J connectivity index is 0.000000810. The molecule has 1 aliphatic rings. The summed E-state index contributed by atoms with van der Waals surface area (Å²) in [5.41, 5.74) is 2.58. The van der Waals surface area contributed by atoms with E-state index in [1.165, 1.54) is 23.8 Å². The molecule has 3 rings (SSSR count). The summed E-state index contributed by atoms with van der Waals surface area (Å²) in [7, 11) is 0. The molecule has 1 saturated heterocycles. The van der Waals surface area contributed by atoms with Gasteiger partial charge in [0, 0.05) is 11.6 Å². The minimum atomic E-state index is 0. The van der Waals surface area contributed by atoms with Gasteiger partial charge in [-0.1, -0.05) is 18.2 Å². The Hall–Kier alpha value is -0.830. The highest BCUT2D eigenvalue weighted by atomic mass is 35.5. The zero-order valence-corrected chi connectivity index (χ0v) is 11.8. The SMILES string of the molecule is Cl.Cl.c1cnc2cc(C3CCNCC3)ccc2c1. The average molecular weight is 285 g/mol. The average Bonchev–Trinajstić information content (AvgIpc) is 2.39. The smallest absolute Gasteiger partial charge is 0.0704 e. The van der Waals surface area contributed by atoms with Crippen molar-refractivity contribution in [3.63, 3.8) is 0 Å². The van der Waals surface area contributed by atoms with Crippen molar-refractivity contribution in [2.45, 2.75) is 18.8 Å². The molecular weight excluding hydrogens is 267 g/mol. The first-order valence-corrected chi connectivity index (χ1v) is 5.99. The van der Waals surface area contributed by atoms with Gasteiger partial charge >= 0.3 is 0 Å². The summed E-state index contributed by atoms with van der Waals surface area (Å²) in [6.07, 6.45) is 4.37. The first kappa shape index (κ1) is 15.2. The second kappa shape index (κ2) is 6.93. The van der Waals surface area contributed by atoms with Crippen LogP contribution in [-0.2, 0) is 0 Å². The molecule has 0 saturated carbocycles. The summed E-state index contributed by atoms with van der Waals surface area (Å²) in [4.78, 5) is 4.42. The summed E-state index contributed by atoms with van der Waals surface area (Å²) in [6, 6.07) is 10.8. The Morgan fingerprint density at radius 1 is 1.06 bits per heavy atom. The van der Waals surface area contributed by atoms with Crippen LogP contribution in [-0.4, -0.2) is 18.1 Å². The van der Waals surface area contributed by atoms with E-state index in [1.807, 2.05) is 12.3 Å². The van der Waals surface area contributed by atoms with E-state index >= 15 is 0 Å². The molecule has 1 aromatic carbocycles. The van der Waals surface area contributed by atoms with Crippen molar-refractivity contribution in [3.05, 3.63) is 42.1 Å². The molecule has 1 aromatic heterocycles. The summed E-state index contributed by atoms with van der Waals surface area (Å²) in [6.45, 7) is 2.29. The van der Waals surface area contributed by atoms with Gasteiger partial charge in [0.15, 0.2) is 0 Å². The van der Waals surface area contributed by atoms with Gasteiger partial charge in [0.1, 0.15) is 0 Å². The highest BCUT2D eigenvalue weighted by molar-refractivity contribution is 5.85. The Bertz CT molecular complexity index is 496. The van der Waals surface area contributed by atoms with Crippen LogP contribution in [0.25, 0.3) is 10.9 Å². The van der Waals surface area contributed by atoms with E-state index in [2.05, 4.69) is 34.6 Å². The third kappa shape index (κ3) is 3.14. The van der Waals surface area contributed by atoms with Crippen LogP contribution in [0.2, 0.25) is 0 Å². The molecule has 0 radical (unpaired) electrons. The molecule has 18 heavy (non-hydrogen) atoms. The minimum absolute atomic E-state index is 0. The molecule has 0 aliphatic carbocycles. The van der Waals surface area contributed by atoms with Crippen LogP contribution in [0.15, 0.2) is 36.5 Å². The summed E-state index contributed by atoms with van der Waals surface area (Å²) < 4.78 is 0. The number of benzene rings is 1. The van der Waals surface area contributed by atoms with Gasteiger partial charge in [-0.2, -0.15) is 0 Å². The van der Waals surface area contributed by atoms with Crippen LogP contribution >= 0.6 is 24.8 Å². The summed E-state index contributed by atoms with van der Waals surface area (Å²) >= 11 is 0. The van der Waals surface area contributed by atoms with Crippen LogP contribution in [0, 0.1) is 0 Å². The van der Waals surface area contributed by atoms with E-state index in [0.29, 0.717) is 5.92 Å². The molecule has 1 fully saturated rings. The second-order valence-corrected chi connectivity index (χ2v) is 4.48. The van der Waals surface area contributed by atoms with Gasteiger partial charge in [-0.25, -0.2) is 0 Å². The van der Waals surface area contributed by atoms with Crippen molar-refractivity contribution in [1.29, 1.82) is 0 Å². The maximum atomic E-state index is 4.42. The maximum absolute atomic E-state index is 4.42. The summed E-state index contributed by atoms with van der Waals surface area (Å²) in [5.74, 6) is 0.715. The second-order valence-electron chi connectivity index (χ2n) is 4.48. The van der Waals surface area contributed by atoms with Crippen molar-refractivity contribution >= 4 is 35.7 Å². The topological polar surface area (TPSA) is 24.9 Å². The van der Waals surface area contributed by atoms with Crippen molar-refractivity contribution in [2.75, 3.05) is 13.1 Å². The normalized spacial score (nSPS) is 15.8. The molecule has 4 heteroatoms. The fourth-order valence-corrected chi connectivity index (χ4v) is 2.49. The van der Waals surface area contributed by atoms with E-state index in [9.17, 15) is 0 Å². The van der Waals surface area contributed by atoms with Crippen molar-refractivity contribution in [2.24, 2.45) is 0 Å². The van der Waals surface area contributed by atoms with E-state index < -0.39 is 0 Å². The van der Waals surface area contributed by atoms with Crippen molar-refractivity contribution in [3.8, 4) is 0 Å². The number of pyridine rings is 1. The molecule has 98 valence electrons. The fourth-order valence-electron chi connectivity index (χ4n) is 2.49. The van der Waals surface area contributed by atoms with Crippen LogP contribution in [0.4, 0.5) is 0 Å². The largest absolute Gasteiger partial charge is 0.317 e. The van der Waals surface area contributed by atoms with Crippen molar-refractivity contribution in [1.82, 2.24) is 10.3 Å². The first-order valence-electron chi connectivity index (χ1n) is 5.99. The van der Waals surface area contributed by atoms with Crippen LogP contribution in [0.3, 0.4) is 0 Å².